The molecule has 8 rings (SSSR count). The molecule has 0 saturated carbocycles. The summed E-state index contributed by atoms with van der Waals surface area (Å²) in [7, 11) is 0. The van der Waals surface area contributed by atoms with Crippen molar-refractivity contribution in [2.75, 3.05) is 6.54 Å². The van der Waals surface area contributed by atoms with E-state index in [1.807, 2.05) is 56.3 Å². The van der Waals surface area contributed by atoms with E-state index in [2.05, 4.69) is 76.2 Å². The van der Waals surface area contributed by atoms with E-state index in [-0.39, 0.29) is 48.7 Å². The van der Waals surface area contributed by atoms with E-state index in [1.165, 1.54) is 30.2 Å². The van der Waals surface area contributed by atoms with Crippen molar-refractivity contribution in [1.82, 2.24) is 20.4 Å². The van der Waals surface area contributed by atoms with E-state index >= 15 is 4.79 Å². The van der Waals surface area contributed by atoms with Crippen LogP contribution in [0.3, 0.4) is 0 Å². The Labute approximate surface area is 369 Å². The minimum absolute atomic E-state index is 0.0759. The Balaban J connectivity index is 1.20. The first-order valence-corrected chi connectivity index (χ1v) is 22.5. The lowest BCUT2D eigenvalue weighted by Gasteiger charge is -2.46. The van der Waals surface area contributed by atoms with E-state index < -0.39 is 47.3 Å². The summed E-state index contributed by atoms with van der Waals surface area (Å²) in [6, 6.07) is 35.4. The number of likely N-dealkylation sites (tertiary alicyclic amines) is 1. The first kappa shape index (κ1) is 43.9. The molecule has 0 unspecified atom stereocenters. The average Bonchev–Trinajstić information content (AvgIpc) is 3.49. The first-order valence-electron chi connectivity index (χ1n) is 22.5. The van der Waals surface area contributed by atoms with Crippen molar-refractivity contribution in [2.45, 2.75) is 114 Å². The molecule has 5 aromatic carbocycles. The van der Waals surface area contributed by atoms with Crippen LogP contribution in [0.4, 0.5) is 8.78 Å². The molecule has 0 radical (unpaired) electrons. The Kier molecular flexibility index (Phi) is 13.2. The van der Waals surface area contributed by atoms with Crippen LogP contribution in [0.1, 0.15) is 90.6 Å². The fraction of sp³-hybridized carbons (Fsp3) is 0.377. The third-order valence-corrected chi connectivity index (χ3v) is 14.0. The van der Waals surface area contributed by atoms with Crippen LogP contribution in [0, 0.1) is 17.6 Å². The topological polar surface area (TPSA) is 102 Å². The van der Waals surface area contributed by atoms with Gasteiger partial charge in [0.2, 0.25) is 17.7 Å². The van der Waals surface area contributed by atoms with Crippen LogP contribution in [0.2, 0.25) is 0 Å². The van der Waals surface area contributed by atoms with Gasteiger partial charge in [-0.1, -0.05) is 123 Å². The lowest BCUT2D eigenvalue weighted by Crippen LogP contribution is -2.62. The van der Waals surface area contributed by atoms with Crippen LogP contribution in [-0.2, 0) is 53.0 Å². The zero-order chi connectivity index (χ0) is 44.3. The lowest BCUT2D eigenvalue weighted by atomic mass is 9.81. The molecular formula is C53H58F2N4O4. The summed E-state index contributed by atoms with van der Waals surface area (Å²) >= 11 is 0. The van der Waals surface area contributed by atoms with Crippen molar-refractivity contribution in [3.8, 4) is 0 Å². The Morgan fingerprint density at radius 1 is 0.810 bits per heavy atom. The normalized spacial score (nSPS) is 20.7. The van der Waals surface area contributed by atoms with E-state index in [0.717, 1.165) is 46.7 Å². The molecule has 3 N–H and O–H groups in total. The Morgan fingerprint density at radius 2 is 1.40 bits per heavy atom. The second-order valence-corrected chi connectivity index (χ2v) is 17.9. The molecule has 0 bridgehead atoms. The van der Waals surface area contributed by atoms with Gasteiger partial charge in [0, 0.05) is 32.1 Å². The Bertz CT molecular complexity index is 2380. The van der Waals surface area contributed by atoms with Crippen molar-refractivity contribution < 1.29 is 28.3 Å². The largest absolute Gasteiger partial charge is 0.389 e. The van der Waals surface area contributed by atoms with Gasteiger partial charge < -0.3 is 20.6 Å². The fourth-order valence-electron chi connectivity index (χ4n) is 10.6. The third kappa shape index (κ3) is 9.20. The number of carbonyl (C=O) groups is 3. The molecule has 6 atom stereocenters. The number of amides is 3. The van der Waals surface area contributed by atoms with Gasteiger partial charge in [0.15, 0.2) is 0 Å². The van der Waals surface area contributed by atoms with Gasteiger partial charge >= 0.3 is 0 Å². The molecule has 2 aliphatic heterocycles. The Hall–Kier alpha value is -5.71. The number of carbonyl (C=O) groups excluding carboxylic acids is 3. The molecule has 2 heterocycles. The van der Waals surface area contributed by atoms with Crippen LogP contribution in [0.25, 0.3) is 0 Å². The first-order chi connectivity index (χ1) is 30.4. The van der Waals surface area contributed by atoms with Crippen molar-refractivity contribution in [3.05, 3.63) is 177 Å². The zero-order valence-electron chi connectivity index (χ0n) is 36.4. The number of hydrogen-bond donors (Lipinski definition) is 3. The van der Waals surface area contributed by atoms with Crippen LogP contribution >= 0.6 is 0 Å². The summed E-state index contributed by atoms with van der Waals surface area (Å²) in [4.78, 5) is 46.4. The minimum Gasteiger partial charge on any atom is -0.389 e. The van der Waals surface area contributed by atoms with E-state index in [0.29, 0.717) is 32.2 Å². The number of fused-ring (bicyclic) bond motifs is 3. The average molecular weight is 853 g/mol. The maximum Gasteiger partial charge on any atom is 0.249 e. The highest BCUT2D eigenvalue weighted by Gasteiger charge is 2.53. The highest BCUT2D eigenvalue weighted by Crippen LogP contribution is 2.42. The van der Waals surface area contributed by atoms with Crippen LogP contribution in [0.5, 0.6) is 0 Å². The number of nitrogens with one attached hydrogen (secondary N) is 2. The van der Waals surface area contributed by atoms with Gasteiger partial charge in [0.25, 0.3) is 0 Å². The maximum atomic E-state index is 15.2. The third-order valence-electron chi connectivity index (χ3n) is 14.0. The highest BCUT2D eigenvalue weighted by molar-refractivity contribution is 5.96. The van der Waals surface area contributed by atoms with Gasteiger partial charge in [-0.25, -0.2) is 8.78 Å². The van der Waals surface area contributed by atoms with Crippen molar-refractivity contribution in [3.63, 3.8) is 0 Å². The van der Waals surface area contributed by atoms with E-state index in [4.69, 9.17) is 0 Å². The molecular weight excluding hydrogens is 795 g/mol. The minimum atomic E-state index is -1.24. The molecule has 0 aromatic heterocycles. The summed E-state index contributed by atoms with van der Waals surface area (Å²) in [6.45, 7) is 6.08. The van der Waals surface area contributed by atoms with Crippen LogP contribution < -0.4 is 10.6 Å². The molecule has 1 fully saturated rings. The predicted octanol–water partition coefficient (Wildman–Crippen LogP) is 7.82. The van der Waals surface area contributed by atoms with Gasteiger partial charge in [0.05, 0.1) is 18.2 Å². The molecule has 3 aliphatic rings. The van der Waals surface area contributed by atoms with Crippen molar-refractivity contribution in [2.24, 2.45) is 5.92 Å². The summed E-state index contributed by atoms with van der Waals surface area (Å²) in [5.74, 6) is -2.83. The predicted molar refractivity (Wildman–Crippen MR) is 240 cm³/mol. The molecule has 1 aliphatic carbocycles. The number of aryl methyl sites for hydroxylation is 3. The number of aliphatic hydroxyl groups excluding tert-OH is 1. The van der Waals surface area contributed by atoms with Gasteiger partial charge in [-0.3, -0.25) is 19.3 Å². The molecule has 328 valence electrons. The highest BCUT2D eigenvalue weighted by atomic mass is 19.1. The quantitative estimate of drug-likeness (QED) is 0.106. The number of hydrogen-bond acceptors (Lipinski definition) is 5. The molecule has 10 heteroatoms. The maximum absolute atomic E-state index is 15.2. The van der Waals surface area contributed by atoms with Crippen LogP contribution in [-0.4, -0.2) is 68.9 Å². The second kappa shape index (κ2) is 19.0. The van der Waals surface area contributed by atoms with Gasteiger partial charge in [-0.05, 0) is 108 Å². The molecule has 5 aromatic rings. The summed E-state index contributed by atoms with van der Waals surface area (Å²) in [5, 5.41) is 19.3. The zero-order valence-corrected chi connectivity index (χ0v) is 36.4. The van der Waals surface area contributed by atoms with Crippen LogP contribution in [0.15, 0.2) is 121 Å². The molecule has 0 spiro atoms. The lowest BCUT2D eigenvalue weighted by molar-refractivity contribution is -0.144. The molecule has 1 saturated heterocycles. The van der Waals surface area contributed by atoms with E-state index in [1.54, 1.807) is 4.90 Å². The number of benzene rings is 5. The smallest absolute Gasteiger partial charge is 0.249 e. The van der Waals surface area contributed by atoms with Gasteiger partial charge in [-0.2, -0.15) is 0 Å². The van der Waals surface area contributed by atoms with Crippen molar-refractivity contribution in [1.29, 1.82) is 0 Å². The monoisotopic (exact) mass is 852 g/mol. The van der Waals surface area contributed by atoms with Gasteiger partial charge in [0.1, 0.15) is 23.2 Å². The molecule has 8 nitrogen and oxygen atoms in total. The number of nitrogens with zero attached hydrogens (tertiary/aromatic N) is 2. The second-order valence-electron chi connectivity index (χ2n) is 17.9. The Morgan fingerprint density at radius 3 is 2.02 bits per heavy atom. The number of aliphatic hydroxyl groups is 1. The van der Waals surface area contributed by atoms with Gasteiger partial charge in [-0.15, -0.1) is 0 Å². The SMILES string of the molecule is CC[C@@H](C)[C@@]1(NC(C)=O)CCN([C@@H](CCc2ccccc2)C(=O)N[C@@H](Cc2cc(F)cc(F)c2)[C@H](O)[C@@H]2Cc3ccccc3CN2C2c3ccccc3CCc3ccccc32)C1=O. The number of halogens is 2. The fourth-order valence-corrected chi connectivity index (χ4v) is 10.6. The molecule has 63 heavy (non-hydrogen) atoms. The van der Waals surface area contributed by atoms with Crippen molar-refractivity contribution >= 4 is 17.7 Å². The number of rotatable bonds is 14. The molecule has 3 amide bonds. The van der Waals surface area contributed by atoms with E-state index in [9.17, 15) is 23.5 Å². The summed E-state index contributed by atoms with van der Waals surface area (Å²) in [6.07, 6.45) is 2.60. The standard InChI is InChI=1S/C53H58F2N4O4/c1-4-34(2)53(57-35(3)60)26-27-58(52(53)63)47(25-22-36-14-6-5-7-15-36)51(62)56-46(30-37-28-42(54)32-43(55)29-37)50(61)48-31-40-18-8-9-19-41(40)33-59(48)49-44-20-12-10-16-38(44)23-24-39-17-11-13-21-45(39)49/h5-21,28-29,32,34,46-50,61H,4,22-27,30-31,33H2,1-3H3,(H,56,62)(H,57,60)/t34-,46+,47+,48+,50+,53+/m1/s1. The summed E-state index contributed by atoms with van der Waals surface area (Å²) < 4.78 is 29.8. The summed E-state index contributed by atoms with van der Waals surface area (Å²) in [5.41, 5.74) is 7.10.